The number of nitrogens with zero attached hydrogens (tertiary/aromatic N) is 3. The van der Waals surface area contributed by atoms with Crippen LogP contribution >= 0.6 is 0 Å². The summed E-state index contributed by atoms with van der Waals surface area (Å²) in [5.41, 5.74) is 13.1. The second-order valence-electron chi connectivity index (χ2n) is 9.47. The number of urea groups is 1. The third-order valence-corrected chi connectivity index (χ3v) is 6.66. The fourth-order valence-electron chi connectivity index (χ4n) is 4.69. The van der Waals surface area contributed by atoms with Crippen LogP contribution in [0, 0.1) is 0 Å². The van der Waals surface area contributed by atoms with Crippen molar-refractivity contribution in [1.82, 2.24) is 14.6 Å². The molecule has 0 aliphatic carbocycles. The third-order valence-electron chi connectivity index (χ3n) is 6.66. The van der Waals surface area contributed by atoms with Crippen LogP contribution in [0.3, 0.4) is 0 Å². The van der Waals surface area contributed by atoms with Crippen molar-refractivity contribution >= 4 is 22.9 Å². The van der Waals surface area contributed by atoms with Crippen LogP contribution in [-0.2, 0) is 0 Å². The van der Waals surface area contributed by atoms with Crippen molar-refractivity contribution in [3.05, 3.63) is 133 Å². The van der Waals surface area contributed by atoms with Crippen LogP contribution in [0.1, 0.15) is 11.6 Å². The zero-order valence-electron chi connectivity index (χ0n) is 22.1. The molecule has 3 aromatic carbocycles. The van der Waals surface area contributed by atoms with E-state index in [1.54, 1.807) is 16.9 Å². The SMILES string of the molecule is N[C@@H](COc1cccc2c(-c3ccncc3)c(-c3cccc(NC(=O)Nc4ccccc4)c3)nn12)c1ccccc1. The van der Waals surface area contributed by atoms with Gasteiger partial charge in [0.1, 0.15) is 12.3 Å². The van der Waals surface area contributed by atoms with E-state index in [1.165, 1.54) is 0 Å². The number of hydrogen-bond acceptors (Lipinski definition) is 5. The van der Waals surface area contributed by atoms with Gasteiger partial charge in [0.25, 0.3) is 0 Å². The average molecular weight is 541 g/mol. The molecular formula is C33H28N6O2. The molecule has 8 nitrogen and oxygen atoms in total. The summed E-state index contributed by atoms with van der Waals surface area (Å²) in [6.45, 7) is 0.291. The molecule has 0 spiro atoms. The molecule has 0 bridgehead atoms. The zero-order chi connectivity index (χ0) is 28.0. The number of anilines is 2. The number of carbonyl (C=O) groups excluding carboxylic acids is 1. The summed E-state index contributed by atoms with van der Waals surface area (Å²) < 4.78 is 8.00. The van der Waals surface area contributed by atoms with Crippen molar-refractivity contribution in [2.75, 3.05) is 17.2 Å². The first-order chi connectivity index (χ1) is 20.2. The van der Waals surface area contributed by atoms with Crippen molar-refractivity contribution in [2.45, 2.75) is 6.04 Å². The van der Waals surface area contributed by atoms with E-state index >= 15 is 0 Å². The molecule has 0 saturated heterocycles. The number of rotatable bonds is 8. The lowest BCUT2D eigenvalue weighted by Gasteiger charge is -2.14. The van der Waals surface area contributed by atoms with Crippen LogP contribution in [0.4, 0.5) is 16.2 Å². The van der Waals surface area contributed by atoms with Crippen LogP contribution in [0.15, 0.2) is 128 Å². The van der Waals surface area contributed by atoms with Crippen molar-refractivity contribution in [3.8, 4) is 28.3 Å². The predicted molar refractivity (Wildman–Crippen MR) is 162 cm³/mol. The molecule has 0 aliphatic heterocycles. The van der Waals surface area contributed by atoms with Gasteiger partial charge in [-0.1, -0.05) is 66.7 Å². The van der Waals surface area contributed by atoms with Crippen LogP contribution in [0.2, 0.25) is 0 Å². The molecule has 41 heavy (non-hydrogen) atoms. The molecule has 2 amide bonds. The number of nitrogens with one attached hydrogen (secondary N) is 2. The lowest BCUT2D eigenvalue weighted by Crippen LogP contribution is -2.19. The highest BCUT2D eigenvalue weighted by Crippen LogP contribution is 2.37. The quantitative estimate of drug-likeness (QED) is 0.197. The summed E-state index contributed by atoms with van der Waals surface area (Å²) in [4.78, 5) is 16.9. The normalized spacial score (nSPS) is 11.6. The first-order valence-electron chi connectivity index (χ1n) is 13.2. The Bertz CT molecular complexity index is 1770. The van der Waals surface area contributed by atoms with Gasteiger partial charge in [-0.15, -0.1) is 0 Å². The fourth-order valence-corrected chi connectivity index (χ4v) is 4.69. The number of para-hydroxylation sites is 1. The van der Waals surface area contributed by atoms with E-state index in [9.17, 15) is 4.79 Å². The molecule has 0 saturated carbocycles. The molecule has 6 aromatic rings. The van der Waals surface area contributed by atoms with E-state index in [1.807, 2.05) is 115 Å². The molecule has 0 fully saturated rings. The summed E-state index contributed by atoms with van der Waals surface area (Å²) in [5, 5.41) is 10.8. The Morgan fingerprint density at radius 2 is 1.46 bits per heavy atom. The Hall–Kier alpha value is -5.47. The van der Waals surface area contributed by atoms with E-state index in [4.69, 9.17) is 15.6 Å². The minimum atomic E-state index is -0.330. The molecule has 8 heteroatoms. The minimum absolute atomic E-state index is 0.286. The summed E-state index contributed by atoms with van der Waals surface area (Å²) in [5.74, 6) is 0.576. The van der Waals surface area contributed by atoms with Crippen molar-refractivity contribution < 1.29 is 9.53 Å². The molecule has 1 atom stereocenters. The lowest BCUT2D eigenvalue weighted by atomic mass is 10.0. The largest absolute Gasteiger partial charge is 0.476 e. The average Bonchev–Trinajstić information content (AvgIpc) is 3.42. The van der Waals surface area contributed by atoms with Crippen LogP contribution in [-0.4, -0.2) is 27.2 Å². The molecule has 0 aliphatic rings. The number of carbonyl (C=O) groups is 1. The first kappa shape index (κ1) is 25.8. The standard InChI is InChI=1S/C33H28N6O2/c34-28(23-9-3-1-4-10-23)22-41-30-16-8-15-29-31(24-17-19-35-20-18-24)32(38-39(29)30)25-11-7-14-27(21-25)37-33(40)36-26-12-5-2-6-13-26/h1-21,28H,22,34H2,(H2,36,37,40)/t28-/m0/s1. The van der Waals surface area contributed by atoms with Gasteiger partial charge in [-0.25, -0.2) is 4.79 Å². The number of fused-ring (bicyclic) bond motifs is 1. The molecule has 3 aromatic heterocycles. The van der Waals surface area contributed by atoms with E-state index < -0.39 is 0 Å². The Kier molecular flexibility index (Phi) is 7.38. The van der Waals surface area contributed by atoms with Gasteiger partial charge >= 0.3 is 6.03 Å². The van der Waals surface area contributed by atoms with E-state index in [0.717, 1.165) is 33.5 Å². The predicted octanol–water partition coefficient (Wildman–Crippen LogP) is 6.79. The Morgan fingerprint density at radius 3 is 2.24 bits per heavy atom. The van der Waals surface area contributed by atoms with Gasteiger partial charge < -0.3 is 21.1 Å². The fraction of sp³-hybridized carbons (Fsp3) is 0.0606. The van der Waals surface area contributed by atoms with Gasteiger partial charge in [0.2, 0.25) is 5.88 Å². The minimum Gasteiger partial charge on any atom is -0.476 e. The van der Waals surface area contributed by atoms with Gasteiger partial charge in [0, 0.05) is 41.0 Å². The second-order valence-corrected chi connectivity index (χ2v) is 9.47. The van der Waals surface area contributed by atoms with Gasteiger partial charge in [0.15, 0.2) is 0 Å². The highest BCUT2D eigenvalue weighted by Gasteiger charge is 2.19. The van der Waals surface area contributed by atoms with Gasteiger partial charge in [-0.2, -0.15) is 9.61 Å². The van der Waals surface area contributed by atoms with Crippen molar-refractivity contribution in [1.29, 1.82) is 0 Å². The van der Waals surface area contributed by atoms with Gasteiger partial charge in [-0.05, 0) is 53.6 Å². The number of ether oxygens (including phenoxy) is 1. The number of pyridine rings is 2. The van der Waals surface area contributed by atoms with E-state index in [2.05, 4.69) is 15.6 Å². The Labute approximate surface area is 237 Å². The summed E-state index contributed by atoms with van der Waals surface area (Å²) in [7, 11) is 0. The maximum absolute atomic E-state index is 12.7. The number of nitrogens with two attached hydrogens (primary N) is 1. The van der Waals surface area contributed by atoms with Crippen LogP contribution in [0.5, 0.6) is 5.88 Å². The van der Waals surface area contributed by atoms with E-state index in [-0.39, 0.29) is 12.1 Å². The van der Waals surface area contributed by atoms with Gasteiger partial charge in [-0.3, -0.25) is 4.98 Å². The van der Waals surface area contributed by atoms with Gasteiger partial charge in [0.05, 0.1) is 11.6 Å². The lowest BCUT2D eigenvalue weighted by molar-refractivity contribution is 0.262. The van der Waals surface area contributed by atoms with Crippen molar-refractivity contribution in [3.63, 3.8) is 0 Å². The van der Waals surface area contributed by atoms with Crippen LogP contribution < -0.4 is 21.1 Å². The molecule has 4 N–H and O–H groups in total. The second kappa shape index (κ2) is 11.7. The first-order valence-corrected chi connectivity index (χ1v) is 13.2. The highest BCUT2D eigenvalue weighted by atomic mass is 16.5. The zero-order valence-corrected chi connectivity index (χ0v) is 22.1. The number of hydrogen-bond donors (Lipinski definition) is 3. The summed E-state index contributed by atoms with van der Waals surface area (Å²) >= 11 is 0. The van der Waals surface area contributed by atoms with Crippen molar-refractivity contribution in [2.24, 2.45) is 5.73 Å². The molecule has 3 heterocycles. The Balaban J connectivity index is 1.34. The number of aromatic nitrogens is 3. The molecule has 0 radical (unpaired) electrons. The molecule has 202 valence electrons. The smallest absolute Gasteiger partial charge is 0.323 e. The Morgan fingerprint density at radius 1 is 0.780 bits per heavy atom. The number of benzene rings is 3. The monoisotopic (exact) mass is 540 g/mol. The topological polar surface area (TPSA) is 107 Å². The molecular weight excluding hydrogens is 512 g/mol. The summed E-state index contributed by atoms with van der Waals surface area (Å²) in [6, 6.07) is 35.9. The maximum Gasteiger partial charge on any atom is 0.323 e. The summed E-state index contributed by atoms with van der Waals surface area (Å²) in [6.07, 6.45) is 3.52. The maximum atomic E-state index is 12.7. The molecule has 0 unspecified atom stereocenters. The molecule has 6 rings (SSSR count). The van der Waals surface area contributed by atoms with E-state index in [0.29, 0.717) is 23.9 Å². The number of amides is 2. The van der Waals surface area contributed by atoms with Crippen LogP contribution in [0.25, 0.3) is 27.9 Å². The highest BCUT2D eigenvalue weighted by molar-refractivity contribution is 6.00. The third kappa shape index (κ3) is 5.78.